The fourth-order valence-corrected chi connectivity index (χ4v) is 18.4. The molecular weight excluding hydrogens is 1440 g/mol. The highest BCUT2D eigenvalue weighted by molar-refractivity contribution is 7.93. The van der Waals surface area contributed by atoms with Crippen molar-refractivity contribution in [3.05, 3.63) is 234 Å². The first kappa shape index (κ1) is 78.6. The van der Waals surface area contributed by atoms with Crippen molar-refractivity contribution in [1.29, 1.82) is 0 Å². The number of rotatable bonds is 20. The molecule has 0 spiro atoms. The molecule has 3 saturated heterocycles. The van der Waals surface area contributed by atoms with Crippen LogP contribution in [0.5, 0.6) is 0 Å². The second-order valence-electron chi connectivity index (χ2n) is 28.7. The molecule has 3 atom stereocenters. The molecule has 572 valence electrons. The quantitative estimate of drug-likeness (QED) is 0.0482. The van der Waals surface area contributed by atoms with Crippen molar-refractivity contribution in [3.8, 4) is 11.4 Å². The third kappa shape index (κ3) is 21.3. The van der Waals surface area contributed by atoms with E-state index in [2.05, 4.69) is 29.8 Å². The lowest BCUT2D eigenvalue weighted by Gasteiger charge is -2.25. The highest BCUT2D eigenvalue weighted by atomic mass is 32.2. The van der Waals surface area contributed by atoms with Crippen LogP contribution in [0.2, 0.25) is 0 Å². The molecule has 6 heterocycles. The normalized spacial score (nSPS) is 19.5. The van der Waals surface area contributed by atoms with E-state index >= 15 is 0 Å². The first-order valence-electron chi connectivity index (χ1n) is 37.3. The summed E-state index contributed by atoms with van der Waals surface area (Å²) in [7, 11) is -9.18. The summed E-state index contributed by atoms with van der Waals surface area (Å²) in [6, 6.07) is 26.1. The molecule has 0 amide bonds. The number of benzene rings is 5. The van der Waals surface area contributed by atoms with Gasteiger partial charge in [0.05, 0.1) is 28.5 Å². The van der Waals surface area contributed by atoms with Crippen molar-refractivity contribution in [1.82, 2.24) is 58.9 Å². The molecule has 28 heteroatoms. The maximum absolute atomic E-state index is 15.0. The fraction of sp³-hybridized carbons (Fsp3) is 0.430. The average molecular weight is 1540 g/mol. The Balaban J connectivity index is 0.000000151. The van der Waals surface area contributed by atoms with E-state index in [1.54, 1.807) is 51.4 Å². The van der Waals surface area contributed by atoms with Crippen molar-refractivity contribution in [3.63, 3.8) is 0 Å². The number of aryl methyl sites for hydroxylation is 1. The minimum Gasteiger partial charge on any atom is -0.271 e. The lowest BCUT2D eigenvalue weighted by molar-refractivity contribution is 0.201. The smallest absolute Gasteiger partial charge is 0.246 e. The highest BCUT2D eigenvalue weighted by Crippen LogP contribution is 2.41. The molecule has 3 unspecified atom stereocenters. The fourth-order valence-electron chi connectivity index (χ4n) is 15.7. The van der Waals surface area contributed by atoms with Crippen LogP contribution in [-0.4, -0.2) is 109 Å². The summed E-state index contributed by atoms with van der Waals surface area (Å²) in [6.07, 6.45) is 25.8. The zero-order chi connectivity index (χ0) is 75.2. The van der Waals surface area contributed by atoms with Crippen LogP contribution in [0.3, 0.4) is 0 Å². The second kappa shape index (κ2) is 36.1. The van der Waals surface area contributed by atoms with E-state index in [1.807, 2.05) is 23.9 Å². The number of halogens is 7. The van der Waals surface area contributed by atoms with Crippen LogP contribution >= 0.6 is 0 Å². The maximum Gasteiger partial charge on any atom is 0.246 e. The molecule has 3 aliphatic heterocycles. The summed E-state index contributed by atoms with van der Waals surface area (Å²) >= 11 is 0. The first-order chi connectivity index (χ1) is 51.5. The topological polar surface area (TPSA) is 202 Å². The van der Waals surface area contributed by atoms with E-state index in [9.17, 15) is 56.0 Å². The van der Waals surface area contributed by atoms with Crippen molar-refractivity contribution >= 4 is 48.3 Å². The van der Waals surface area contributed by atoms with E-state index < -0.39 is 53.3 Å². The van der Waals surface area contributed by atoms with Crippen LogP contribution in [0.15, 0.2) is 125 Å². The Bertz CT molecular complexity index is 4840. The van der Waals surface area contributed by atoms with Gasteiger partial charge in [0, 0.05) is 115 Å². The summed E-state index contributed by atoms with van der Waals surface area (Å²) in [5, 5.41) is 22.6. The van der Waals surface area contributed by atoms with Crippen LogP contribution in [0, 0.1) is 40.7 Å². The van der Waals surface area contributed by atoms with Gasteiger partial charge in [-0.3, -0.25) is 4.68 Å². The number of sulfonamides is 3. The SMILES string of the molecule is Cn1nc(/C=C/S(=O)(=O)NN2CCCCC2)c2c1C(Cc1cccc(F)c1)CCCC2.O=S(=O)(/C=C/c1nn(-c2ccc(F)cc2F)c2c1CCCCC2Cc1ccc(F)cc1)NN1CCCCC1.O=S(=O)(/C=C/c1nn(-c2ccc(F)cc2F)c2c1CCCCC2Cc1cccc(F)c1)NN1CCCCC1. The van der Waals surface area contributed by atoms with Crippen molar-refractivity contribution < 1.29 is 56.0 Å². The highest BCUT2D eigenvalue weighted by Gasteiger charge is 2.33. The molecule has 5 aromatic carbocycles. The molecule has 18 nitrogen and oxygen atoms in total. The number of nitrogens with one attached hydrogen (secondary N) is 3. The monoisotopic (exact) mass is 1530 g/mol. The van der Waals surface area contributed by atoms with Gasteiger partial charge >= 0.3 is 0 Å². The molecule has 0 bridgehead atoms. The van der Waals surface area contributed by atoms with Gasteiger partial charge in [-0.2, -0.15) is 15.3 Å². The second-order valence-corrected chi connectivity index (χ2v) is 33.3. The molecule has 3 aromatic heterocycles. The predicted molar refractivity (Wildman–Crippen MR) is 401 cm³/mol. The van der Waals surface area contributed by atoms with Crippen molar-refractivity contribution in [2.75, 3.05) is 39.3 Å². The standard InChI is InChI=1S/2C28H31F3N4O2S.C23H31FN4O2S/c29-22-9-6-7-20(18-22)17-21-8-2-3-10-24-26(13-16-38(36,37)33-34-14-4-1-5-15-34)32-35(28(21)24)27-12-11-23(30)19-25(27)31;29-22-10-8-20(9-11-22)18-21-6-2-3-7-24-26(14-17-38(36,37)33-34-15-4-1-5-16-34)32-35(28(21)24)27-13-12-23(30)19-25(27)31;1-27-23-19(16-18-8-7-10-20(24)17-18)9-3-4-11-21(23)22(25-27)12-15-31(29,30)26-28-13-5-2-6-14-28/h6-7,9,11-13,16,18-19,21,33H,1-5,8,10,14-15,17H2;8-14,17,19,21,33H,1-7,15-16,18H2;7-8,10,12,15,17,19,26H,2-6,9,11,13-14,16H2,1H3/b16-13+;17-14+;15-12+. The van der Waals surface area contributed by atoms with Crippen LogP contribution < -0.4 is 14.5 Å². The van der Waals surface area contributed by atoms with E-state index in [-0.39, 0.29) is 46.6 Å². The van der Waals surface area contributed by atoms with Crippen LogP contribution in [0.25, 0.3) is 29.6 Å². The number of piperidine rings is 3. The molecule has 6 aliphatic rings. The zero-order valence-electron chi connectivity index (χ0n) is 60.1. The number of aromatic nitrogens is 6. The molecular formula is C79H93F7N12O6S3. The Labute approximate surface area is 622 Å². The Morgan fingerprint density at radius 3 is 1.08 bits per heavy atom. The van der Waals surface area contributed by atoms with Gasteiger partial charge in [0.1, 0.15) is 40.5 Å². The molecule has 0 radical (unpaired) electrons. The Morgan fingerprint density at radius 1 is 0.374 bits per heavy atom. The molecule has 8 aromatic rings. The lowest BCUT2D eigenvalue weighted by Crippen LogP contribution is -2.44. The lowest BCUT2D eigenvalue weighted by atomic mass is 9.91. The summed E-state index contributed by atoms with van der Waals surface area (Å²) in [6.45, 7) is 4.12. The molecule has 3 N–H and O–H groups in total. The number of hydrazine groups is 3. The summed E-state index contributed by atoms with van der Waals surface area (Å²) in [5.74, 6) is -3.72. The van der Waals surface area contributed by atoms with Gasteiger partial charge in [-0.05, 0) is 211 Å². The van der Waals surface area contributed by atoms with Gasteiger partial charge in [0.2, 0.25) is 30.1 Å². The maximum atomic E-state index is 15.0. The Kier molecular flexibility index (Phi) is 26.5. The van der Waals surface area contributed by atoms with Gasteiger partial charge in [-0.1, -0.05) is 74.9 Å². The molecule has 3 fully saturated rings. The minimum absolute atomic E-state index is 0.0693. The predicted octanol–water partition coefficient (Wildman–Crippen LogP) is 15.2. The van der Waals surface area contributed by atoms with Gasteiger partial charge in [0.15, 0.2) is 11.6 Å². The summed E-state index contributed by atoms with van der Waals surface area (Å²) in [5.41, 5.74) is 9.95. The third-order valence-electron chi connectivity index (χ3n) is 20.6. The summed E-state index contributed by atoms with van der Waals surface area (Å²) < 4.78 is 180. The Morgan fingerprint density at radius 2 is 0.710 bits per heavy atom. The largest absolute Gasteiger partial charge is 0.271 e. The van der Waals surface area contributed by atoms with Gasteiger partial charge < -0.3 is 0 Å². The van der Waals surface area contributed by atoms with E-state index in [0.29, 0.717) is 68.9 Å². The first-order valence-corrected chi connectivity index (χ1v) is 41.9. The zero-order valence-corrected chi connectivity index (χ0v) is 62.6. The molecule has 107 heavy (non-hydrogen) atoms. The Hall–Kier alpha value is -7.93. The molecule has 14 rings (SSSR count). The molecule has 3 aliphatic carbocycles. The van der Waals surface area contributed by atoms with E-state index in [0.717, 1.165) is 215 Å². The van der Waals surface area contributed by atoms with Gasteiger partial charge in [-0.15, -0.1) is 14.5 Å². The van der Waals surface area contributed by atoms with Crippen LogP contribution in [0.1, 0.15) is 201 Å². The summed E-state index contributed by atoms with van der Waals surface area (Å²) in [4.78, 5) is 7.88. The molecule has 0 saturated carbocycles. The van der Waals surface area contributed by atoms with Gasteiger partial charge in [-0.25, -0.2) is 80.4 Å². The third-order valence-corrected chi connectivity index (χ3v) is 23.7. The average Bonchev–Trinajstić information content (AvgIpc) is 1.67. The van der Waals surface area contributed by atoms with Gasteiger partial charge in [0.25, 0.3) is 0 Å². The number of hydrogen-bond donors (Lipinski definition) is 3. The van der Waals surface area contributed by atoms with Crippen molar-refractivity contribution in [2.24, 2.45) is 7.05 Å². The number of nitrogens with zero attached hydrogens (tertiary/aromatic N) is 9. The van der Waals surface area contributed by atoms with Crippen molar-refractivity contribution in [2.45, 2.75) is 172 Å². The number of hydrogen-bond acceptors (Lipinski definition) is 12. The van der Waals surface area contributed by atoms with E-state index in [4.69, 9.17) is 0 Å². The van der Waals surface area contributed by atoms with Crippen LogP contribution in [-0.2, 0) is 75.6 Å². The van der Waals surface area contributed by atoms with E-state index in [1.165, 1.54) is 81.5 Å². The minimum atomic E-state index is -3.77. The van der Waals surface area contributed by atoms with Crippen LogP contribution in [0.4, 0.5) is 30.7 Å². The number of fused-ring (bicyclic) bond motifs is 3.